The van der Waals surface area contributed by atoms with Crippen LogP contribution in [0, 0.1) is 5.82 Å². The molecule has 1 aliphatic heterocycles. The van der Waals surface area contributed by atoms with E-state index in [1.165, 1.54) is 30.8 Å². The molecule has 1 fully saturated rings. The third-order valence-corrected chi connectivity index (χ3v) is 5.35. The normalized spacial score (nSPS) is 16.8. The molecular weight excluding hydrogens is 401 g/mol. The number of hydrogen-bond acceptors (Lipinski definition) is 5. The summed E-state index contributed by atoms with van der Waals surface area (Å²) in [5, 5.41) is 9.46. The Morgan fingerprint density at radius 3 is 2.90 bits per heavy atom. The molecule has 8 nitrogen and oxygen atoms in total. The molecule has 0 bridgehead atoms. The van der Waals surface area contributed by atoms with Gasteiger partial charge in [0.05, 0.1) is 37.1 Å². The zero-order chi connectivity index (χ0) is 22.2. The van der Waals surface area contributed by atoms with Crippen LogP contribution in [0.2, 0.25) is 0 Å². The quantitative estimate of drug-likeness (QED) is 0.596. The number of hydrogen-bond donors (Lipinski definition) is 2. The number of nitrogens with one attached hydrogen (secondary N) is 2. The number of likely N-dealkylation sites (tertiary alicyclic amines) is 1. The van der Waals surface area contributed by atoms with Crippen molar-refractivity contribution in [2.24, 2.45) is 0 Å². The lowest BCUT2D eigenvalue weighted by atomic mass is 10.0. The highest BCUT2D eigenvalue weighted by molar-refractivity contribution is 6.04. The second-order valence-corrected chi connectivity index (χ2v) is 7.70. The van der Waals surface area contributed by atoms with Gasteiger partial charge in [0.15, 0.2) is 0 Å². The molecule has 1 unspecified atom stereocenters. The SMILES string of the molecule is CCOCCn1cc(C(=O)Nc2cc(NC(=O)CN3CCCCC3C)ccc2F)cn1. The largest absolute Gasteiger partial charge is 0.380 e. The van der Waals surface area contributed by atoms with E-state index < -0.39 is 11.7 Å². The summed E-state index contributed by atoms with van der Waals surface area (Å²) in [4.78, 5) is 27.1. The highest BCUT2D eigenvalue weighted by atomic mass is 19.1. The van der Waals surface area contributed by atoms with Gasteiger partial charge in [-0.15, -0.1) is 0 Å². The Bertz CT molecular complexity index is 901. The first-order valence-electron chi connectivity index (χ1n) is 10.7. The molecule has 1 saturated heterocycles. The molecule has 3 rings (SSSR count). The van der Waals surface area contributed by atoms with Crippen molar-refractivity contribution in [1.29, 1.82) is 0 Å². The molecule has 0 radical (unpaired) electrons. The number of aromatic nitrogens is 2. The van der Waals surface area contributed by atoms with Crippen LogP contribution in [0.1, 0.15) is 43.5 Å². The molecule has 0 aliphatic carbocycles. The predicted octanol–water partition coefficient (Wildman–Crippen LogP) is 3.12. The van der Waals surface area contributed by atoms with Gasteiger partial charge in [-0.1, -0.05) is 6.42 Å². The van der Waals surface area contributed by atoms with Gasteiger partial charge < -0.3 is 15.4 Å². The van der Waals surface area contributed by atoms with Gasteiger partial charge >= 0.3 is 0 Å². The smallest absolute Gasteiger partial charge is 0.258 e. The fourth-order valence-corrected chi connectivity index (χ4v) is 3.58. The average Bonchev–Trinajstić information content (AvgIpc) is 3.21. The van der Waals surface area contributed by atoms with E-state index >= 15 is 0 Å². The average molecular weight is 432 g/mol. The van der Waals surface area contributed by atoms with E-state index in [-0.39, 0.29) is 11.6 Å². The third kappa shape index (κ3) is 6.60. The van der Waals surface area contributed by atoms with Gasteiger partial charge in [-0.25, -0.2) is 4.39 Å². The molecule has 1 aromatic carbocycles. The lowest BCUT2D eigenvalue weighted by molar-refractivity contribution is -0.118. The van der Waals surface area contributed by atoms with Gasteiger partial charge in [-0.3, -0.25) is 19.2 Å². The third-order valence-electron chi connectivity index (χ3n) is 5.35. The molecule has 1 atom stereocenters. The van der Waals surface area contributed by atoms with Crippen LogP contribution in [-0.4, -0.2) is 58.8 Å². The second kappa shape index (κ2) is 11.0. The number of carbonyl (C=O) groups is 2. The standard InChI is InChI=1S/C22H30FN5O3/c1-3-31-11-10-28-14-17(13-24-28)22(30)26-20-12-18(7-8-19(20)23)25-21(29)15-27-9-5-4-6-16(27)2/h7-8,12-14,16H,3-6,9-11,15H2,1-2H3,(H,25,29)(H,26,30). The molecule has 2 N–H and O–H groups in total. The molecule has 2 aromatic rings. The molecule has 9 heteroatoms. The molecule has 2 heterocycles. The molecule has 168 valence electrons. The number of halogens is 1. The van der Waals surface area contributed by atoms with Gasteiger partial charge in [0.2, 0.25) is 5.91 Å². The van der Waals surface area contributed by atoms with Crippen LogP contribution in [0.3, 0.4) is 0 Å². The van der Waals surface area contributed by atoms with Crippen LogP contribution in [0.15, 0.2) is 30.6 Å². The van der Waals surface area contributed by atoms with Gasteiger partial charge in [0.1, 0.15) is 5.82 Å². The summed E-state index contributed by atoms with van der Waals surface area (Å²) in [6.45, 7) is 6.84. The summed E-state index contributed by atoms with van der Waals surface area (Å²) in [5.41, 5.74) is 0.736. The van der Waals surface area contributed by atoms with Crippen LogP contribution >= 0.6 is 0 Å². The van der Waals surface area contributed by atoms with Gasteiger partial charge in [0, 0.05) is 24.5 Å². The Morgan fingerprint density at radius 2 is 2.13 bits per heavy atom. The number of rotatable bonds is 9. The number of amides is 2. The van der Waals surface area contributed by atoms with Crippen LogP contribution < -0.4 is 10.6 Å². The van der Waals surface area contributed by atoms with E-state index in [1.54, 1.807) is 10.9 Å². The van der Waals surface area contributed by atoms with E-state index in [2.05, 4.69) is 27.6 Å². The Morgan fingerprint density at radius 1 is 1.29 bits per heavy atom. The zero-order valence-corrected chi connectivity index (χ0v) is 18.1. The first kappa shape index (κ1) is 22.9. The minimum atomic E-state index is -0.584. The molecule has 2 amide bonds. The number of ether oxygens (including phenoxy) is 1. The molecule has 1 aliphatic rings. The maximum Gasteiger partial charge on any atom is 0.258 e. The summed E-state index contributed by atoms with van der Waals surface area (Å²) >= 11 is 0. The van der Waals surface area contributed by atoms with E-state index in [0.29, 0.717) is 43.6 Å². The highest BCUT2D eigenvalue weighted by Crippen LogP contribution is 2.21. The number of nitrogens with zero attached hydrogens (tertiary/aromatic N) is 3. The molecule has 0 spiro atoms. The number of carbonyl (C=O) groups excluding carboxylic acids is 2. The van der Waals surface area contributed by atoms with Crippen LogP contribution in [0.25, 0.3) is 0 Å². The lowest BCUT2D eigenvalue weighted by Gasteiger charge is -2.32. The minimum Gasteiger partial charge on any atom is -0.380 e. The summed E-state index contributed by atoms with van der Waals surface area (Å²) in [7, 11) is 0. The van der Waals surface area contributed by atoms with Crippen molar-refractivity contribution in [3.8, 4) is 0 Å². The first-order valence-corrected chi connectivity index (χ1v) is 10.7. The van der Waals surface area contributed by atoms with E-state index in [9.17, 15) is 14.0 Å². The zero-order valence-electron chi connectivity index (χ0n) is 18.1. The minimum absolute atomic E-state index is 0.00351. The summed E-state index contributed by atoms with van der Waals surface area (Å²) in [5.74, 6) is -1.22. The molecule has 0 saturated carbocycles. The van der Waals surface area contributed by atoms with Gasteiger partial charge in [-0.05, 0) is 51.4 Å². The summed E-state index contributed by atoms with van der Waals surface area (Å²) in [6.07, 6.45) is 6.36. The maximum absolute atomic E-state index is 14.2. The molecule has 31 heavy (non-hydrogen) atoms. The van der Waals surface area contributed by atoms with Gasteiger partial charge in [-0.2, -0.15) is 5.10 Å². The second-order valence-electron chi connectivity index (χ2n) is 7.70. The summed E-state index contributed by atoms with van der Waals surface area (Å²) < 4.78 is 21.1. The Labute approximate surface area is 181 Å². The Kier molecular flexibility index (Phi) is 8.13. The van der Waals surface area contributed by atoms with Crippen LogP contribution in [-0.2, 0) is 16.1 Å². The van der Waals surface area contributed by atoms with Crippen molar-refractivity contribution >= 4 is 23.2 Å². The van der Waals surface area contributed by atoms with Crippen molar-refractivity contribution in [3.05, 3.63) is 42.0 Å². The van der Waals surface area contributed by atoms with Crippen LogP contribution in [0.5, 0.6) is 0 Å². The van der Waals surface area contributed by atoms with Crippen LogP contribution in [0.4, 0.5) is 15.8 Å². The fourth-order valence-electron chi connectivity index (χ4n) is 3.58. The van der Waals surface area contributed by atoms with Crippen molar-refractivity contribution in [2.45, 2.75) is 45.7 Å². The van der Waals surface area contributed by atoms with Crippen molar-refractivity contribution < 1.29 is 18.7 Å². The van der Waals surface area contributed by atoms with Gasteiger partial charge in [0.25, 0.3) is 5.91 Å². The van der Waals surface area contributed by atoms with Crippen molar-refractivity contribution in [2.75, 3.05) is 36.9 Å². The summed E-state index contributed by atoms with van der Waals surface area (Å²) in [6, 6.07) is 4.50. The van der Waals surface area contributed by atoms with E-state index in [4.69, 9.17) is 4.74 Å². The molecular formula is C22H30FN5O3. The van der Waals surface area contributed by atoms with E-state index in [0.717, 1.165) is 19.4 Å². The topological polar surface area (TPSA) is 88.5 Å². The monoisotopic (exact) mass is 431 g/mol. The number of piperidine rings is 1. The van der Waals surface area contributed by atoms with Crippen molar-refractivity contribution in [3.63, 3.8) is 0 Å². The Balaban J connectivity index is 1.59. The number of benzene rings is 1. The fraction of sp³-hybridized carbons (Fsp3) is 0.500. The predicted molar refractivity (Wildman–Crippen MR) is 117 cm³/mol. The molecule has 1 aromatic heterocycles. The number of anilines is 2. The van der Waals surface area contributed by atoms with Crippen molar-refractivity contribution in [1.82, 2.24) is 14.7 Å². The lowest BCUT2D eigenvalue weighted by Crippen LogP contribution is -2.42. The Hall–Kier alpha value is -2.78. The first-order chi connectivity index (χ1) is 15.0. The maximum atomic E-state index is 14.2. The van der Waals surface area contributed by atoms with E-state index in [1.807, 2.05) is 6.92 Å². The highest BCUT2D eigenvalue weighted by Gasteiger charge is 2.21.